The van der Waals surface area contributed by atoms with E-state index in [9.17, 15) is 14.7 Å². The highest BCUT2D eigenvalue weighted by molar-refractivity contribution is 5.94. The van der Waals surface area contributed by atoms with Gasteiger partial charge >= 0.3 is 0 Å². The van der Waals surface area contributed by atoms with Crippen molar-refractivity contribution in [2.45, 2.75) is 77.0 Å². The van der Waals surface area contributed by atoms with Gasteiger partial charge in [-0.05, 0) is 68.4 Å². The third-order valence-electron chi connectivity index (χ3n) is 7.79. The van der Waals surface area contributed by atoms with E-state index in [-0.39, 0.29) is 46.2 Å². The number of amides is 1. The number of aromatic hydroxyl groups is 1. The van der Waals surface area contributed by atoms with E-state index in [1.165, 1.54) is 91.5 Å². The molecule has 0 bridgehead atoms. The van der Waals surface area contributed by atoms with E-state index in [2.05, 4.69) is 34.9 Å². The van der Waals surface area contributed by atoms with Gasteiger partial charge in [-0.1, -0.05) is 56.7 Å². The van der Waals surface area contributed by atoms with Crippen molar-refractivity contribution in [1.82, 2.24) is 10.3 Å². The van der Waals surface area contributed by atoms with Gasteiger partial charge in [-0.2, -0.15) is 0 Å². The van der Waals surface area contributed by atoms with Crippen LogP contribution in [0.2, 0.25) is 0 Å². The molecule has 0 aliphatic heterocycles. The summed E-state index contributed by atoms with van der Waals surface area (Å²) < 4.78 is 5.55. The van der Waals surface area contributed by atoms with Crippen LogP contribution in [0.3, 0.4) is 0 Å². The molecule has 0 unspecified atom stereocenters. The molecule has 0 saturated heterocycles. The number of hydrogen-bond acceptors (Lipinski definition) is 6. The summed E-state index contributed by atoms with van der Waals surface area (Å²) in [6.45, 7) is 1.55. The van der Waals surface area contributed by atoms with Crippen molar-refractivity contribution in [2.24, 2.45) is 0 Å². The number of carbonyl (C=O) groups excluding carboxylic acids is 1. The maximum atomic E-state index is 12.4. The summed E-state index contributed by atoms with van der Waals surface area (Å²) in [5, 5.41) is 17.7. The molecule has 1 aliphatic rings. The normalized spacial score (nSPS) is 12.6. The second-order valence-electron chi connectivity index (χ2n) is 10.8. The van der Waals surface area contributed by atoms with Crippen LogP contribution in [0, 0.1) is 0 Å². The minimum atomic E-state index is -0.388. The average Bonchev–Trinajstić information content (AvgIpc) is 2.97. The molecule has 2 aromatic carbocycles. The standard InChI is InChI=1S/C33H39N3O4.ClH/c37-23-17-18-30-26(21-23)29(38)22-31(40-30)33(39)35-20-12-6-4-2-1-3-5-11-19-34-32-24-13-7-9-15-27(24)36-28-16-10-8-14-25(28)32;/h7,9,13,15,17-18,21-22,37H,1-6,8,10-12,14,16,19-20H2,(H,34,36)(H,35,39);1H. The van der Waals surface area contributed by atoms with Crippen LogP contribution in [-0.4, -0.2) is 29.1 Å². The molecule has 5 rings (SSSR count). The van der Waals surface area contributed by atoms with Crippen molar-refractivity contribution in [3.8, 4) is 5.75 Å². The van der Waals surface area contributed by atoms with Gasteiger partial charge in [-0.3, -0.25) is 14.6 Å². The molecule has 1 aliphatic carbocycles. The predicted molar refractivity (Wildman–Crippen MR) is 168 cm³/mol. The highest BCUT2D eigenvalue weighted by atomic mass is 35.5. The Morgan fingerprint density at radius 2 is 1.56 bits per heavy atom. The maximum absolute atomic E-state index is 12.4. The van der Waals surface area contributed by atoms with Gasteiger partial charge < -0.3 is 20.2 Å². The lowest BCUT2D eigenvalue weighted by atomic mass is 9.92. The molecule has 41 heavy (non-hydrogen) atoms. The number of phenolic OH excluding ortho intramolecular Hbond substituents is 1. The van der Waals surface area contributed by atoms with Crippen molar-refractivity contribution in [3.63, 3.8) is 0 Å². The van der Waals surface area contributed by atoms with Gasteiger partial charge in [0.25, 0.3) is 5.91 Å². The largest absolute Gasteiger partial charge is 0.508 e. The molecular formula is C33H40ClN3O4. The summed E-state index contributed by atoms with van der Waals surface area (Å²) in [7, 11) is 0. The number of para-hydroxylation sites is 1. The van der Waals surface area contributed by atoms with Crippen LogP contribution in [0.25, 0.3) is 21.9 Å². The number of phenols is 1. The summed E-state index contributed by atoms with van der Waals surface area (Å²) in [4.78, 5) is 29.6. The number of unbranched alkanes of at least 4 members (excludes halogenated alkanes) is 7. The number of anilines is 1. The van der Waals surface area contributed by atoms with Crippen LogP contribution in [0.15, 0.2) is 57.7 Å². The lowest BCUT2D eigenvalue weighted by Crippen LogP contribution is -2.25. The summed E-state index contributed by atoms with van der Waals surface area (Å²) >= 11 is 0. The first-order valence-corrected chi connectivity index (χ1v) is 14.8. The fourth-order valence-electron chi connectivity index (χ4n) is 5.64. The van der Waals surface area contributed by atoms with Gasteiger partial charge in [-0.25, -0.2) is 0 Å². The average molecular weight is 578 g/mol. The fraction of sp³-hybridized carbons (Fsp3) is 0.424. The number of benzene rings is 2. The van der Waals surface area contributed by atoms with Crippen molar-refractivity contribution in [3.05, 3.63) is 75.8 Å². The van der Waals surface area contributed by atoms with E-state index in [0.29, 0.717) is 6.54 Å². The summed E-state index contributed by atoms with van der Waals surface area (Å²) in [5.41, 5.74) is 5.08. The Kier molecular flexibility index (Phi) is 11.0. The predicted octanol–water partition coefficient (Wildman–Crippen LogP) is 7.31. The van der Waals surface area contributed by atoms with Crippen LogP contribution < -0.4 is 16.1 Å². The second kappa shape index (κ2) is 14.9. The van der Waals surface area contributed by atoms with Crippen LogP contribution in [0.4, 0.5) is 5.69 Å². The van der Waals surface area contributed by atoms with Crippen LogP contribution in [-0.2, 0) is 12.8 Å². The van der Waals surface area contributed by atoms with E-state index in [0.717, 1.165) is 44.2 Å². The lowest BCUT2D eigenvalue weighted by molar-refractivity contribution is 0.0926. The van der Waals surface area contributed by atoms with Crippen LogP contribution in [0.5, 0.6) is 5.75 Å². The monoisotopic (exact) mass is 577 g/mol. The third kappa shape index (κ3) is 7.79. The number of rotatable bonds is 13. The molecule has 0 saturated carbocycles. The molecule has 1 amide bonds. The smallest absolute Gasteiger partial charge is 0.287 e. The molecule has 3 N–H and O–H groups in total. The highest BCUT2D eigenvalue weighted by Gasteiger charge is 2.17. The van der Waals surface area contributed by atoms with E-state index in [4.69, 9.17) is 9.40 Å². The number of hydrogen-bond donors (Lipinski definition) is 3. The first kappa shape index (κ1) is 30.4. The Hall–Kier alpha value is -3.58. The minimum absolute atomic E-state index is 0. The Morgan fingerprint density at radius 3 is 2.37 bits per heavy atom. The topological polar surface area (TPSA) is 104 Å². The molecule has 4 aromatic rings. The Balaban J connectivity index is 0.00000387. The van der Waals surface area contributed by atoms with Gasteiger partial charge in [0, 0.05) is 35.9 Å². The number of aryl methyl sites for hydroxylation is 1. The number of nitrogens with zero attached hydrogens (tertiary/aromatic N) is 1. The zero-order valence-electron chi connectivity index (χ0n) is 23.5. The van der Waals surface area contributed by atoms with Gasteiger partial charge in [0.1, 0.15) is 11.3 Å². The Bertz CT molecular complexity index is 1530. The molecule has 7 nitrogen and oxygen atoms in total. The molecule has 0 spiro atoms. The summed E-state index contributed by atoms with van der Waals surface area (Å²) in [5.74, 6) is -0.405. The maximum Gasteiger partial charge on any atom is 0.287 e. The zero-order chi connectivity index (χ0) is 27.7. The SMILES string of the molecule is Cl.O=C(NCCCCCCCCCCNc1c2c(nc3ccccc13)CCCC2)c1cc(=O)c2cc(O)ccc2o1. The zero-order valence-corrected chi connectivity index (χ0v) is 24.4. The second-order valence-corrected chi connectivity index (χ2v) is 10.8. The number of carbonyl (C=O) groups is 1. The molecule has 218 valence electrons. The van der Waals surface area contributed by atoms with Crippen molar-refractivity contribution >= 4 is 45.9 Å². The fourth-order valence-corrected chi connectivity index (χ4v) is 5.64. The Morgan fingerprint density at radius 1 is 0.854 bits per heavy atom. The van der Waals surface area contributed by atoms with Crippen molar-refractivity contribution < 1.29 is 14.3 Å². The van der Waals surface area contributed by atoms with Crippen molar-refractivity contribution in [2.75, 3.05) is 18.4 Å². The van der Waals surface area contributed by atoms with Crippen LogP contribution in [0.1, 0.15) is 86.0 Å². The third-order valence-corrected chi connectivity index (χ3v) is 7.79. The van der Waals surface area contributed by atoms with E-state index in [1.807, 2.05) is 0 Å². The summed E-state index contributed by atoms with van der Waals surface area (Å²) in [6.07, 6.45) is 13.9. The van der Waals surface area contributed by atoms with E-state index < -0.39 is 0 Å². The number of halogens is 1. The first-order chi connectivity index (χ1) is 19.6. The number of fused-ring (bicyclic) bond motifs is 3. The van der Waals surface area contributed by atoms with Gasteiger partial charge in [-0.15, -0.1) is 12.4 Å². The molecule has 0 fully saturated rings. The number of aromatic nitrogens is 1. The quantitative estimate of drug-likeness (QED) is 0.144. The van der Waals surface area contributed by atoms with Gasteiger partial charge in [0.2, 0.25) is 0 Å². The van der Waals surface area contributed by atoms with Crippen LogP contribution >= 0.6 is 12.4 Å². The number of nitrogens with one attached hydrogen (secondary N) is 2. The van der Waals surface area contributed by atoms with Gasteiger partial charge in [0.05, 0.1) is 10.9 Å². The highest BCUT2D eigenvalue weighted by Crippen LogP contribution is 2.33. The molecule has 2 heterocycles. The molecular weight excluding hydrogens is 538 g/mol. The van der Waals surface area contributed by atoms with Crippen molar-refractivity contribution in [1.29, 1.82) is 0 Å². The lowest BCUT2D eigenvalue weighted by Gasteiger charge is -2.21. The van der Waals surface area contributed by atoms with E-state index >= 15 is 0 Å². The Labute approximate surface area is 247 Å². The molecule has 8 heteroatoms. The van der Waals surface area contributed by atoms with Gasteiger partial charge in [0.15, 0.2) is 11.2 Å². The van der Waals surface area contributed by atoms with E-state index in [1.54, 1.807) is 0 Å². The minimum Gasteiger partial charge on any atom is -0.508 e. The number of pyridine rings is 1. The summed E-state index contributed by atoms with van der Waals surface area (Å²) in [6, 6.07) is 13.9. The first-order valence-electron chi connectivity index (χ1n) is 14.8. The molecule has 0 atom stereocenters. The molecule has 2 aromatic heterocycles. The molecule has 0 radical (unpaired) electrons.